The lowest BCUT2D eigenvalue weighted by Gasteiger charge is -2.03. The molecule has 4 nitrogen and oxygen atoms in total. The van der Waals surface area contributed by atoms with Crippen LogP contribution in [0, 0.1) is 0 Å². The van der Waals surface area contributed by atoms with Crippen LogP contribution < -0.4 is 22.9 Å². The van der Waals surface area contributed by atoms with Gasteiger partial charge in [0.25, 0.3) is 0 Å². The number of para-hydroxylation sites is 1. The number of carbonyl (C=O) groups is 1. The maximum atomic E-state index is 11.4. The number of benzene rings is 1. The minimum absolute atomic E-state index is 0. The molecule has 1 aliphatic rings. The second kappa shape index (κ2) is 5.91. The molecule has 17 heavy (non-hydrogen) atoms. The topological polar surface area (TPSA) is 63.2 Å². The maximum Gasteiger partial charge on any atom is 0.376 e. The van der Waals surface area contributed by atoms with E-state index in [1.807, 2.05) is 18.2 Å². The van der Waals surface area contributed by atoms with E-state index in [-0.39, 0.29) is 23.2 Å². The Bertz CT molecular complexity index is 434. The number of halogens is 2. The number of hydrogen-bond donors (Lipinski definition) is 1. The Balaban J connectivity index is 0.00000144. The molecule has 0 spiro atoms. The number of esters is 1. The fraction of sp³-hybridized carbons (Fsp3) is 0.182. The van der Waals surface area contributed by atoms with Gasteiger partial charge in [0.1, 0.15) is 17.3 Å². The van der Waals surface area contributed by atoms with E-state index in [9.17, 15) is 4.79 Å². The first-order chi connectivity index (χ1) is 7.72. The average molecular weight is 276 g/mol. The van der Waals surface area contributed by atoms with Crippen molar-refractivity contribution in [1.82, 2.24) is 0 Å². The van der Waals surface area contributed by atoms with Gasteiger partial charge >= 0.3 is 5.97 Å². The molecule has 92 valence electrons. The van der Waals surface area contributed by atoms with Gasteiger partial charge in [-0.1, -0.05) is 29.8 Å². The SMILES string of the molecule is [Cl-].[NH3+]CC1OC(=O)C(Oc2ccccc2)=C1Cl. The van der Waals surface area contributed by atoms with Crippen LogP contribution in [0.3, 0.4) is 0 Å². The van der Waals surface area contributed by atoms with Crippen LogP contribution in [0.1, 0.15) is 0 Å². The van der Waals surface area contributed by atoms with E-state index in [2.05, 4.69) is 5.73 Å². The van der Waals surface area contributed by atoms with E-state index in [1.54, 1.807) is 12.1 Å². The minimum atomic E-state index is -0.539. The highest BCUT2D eigenvalue weighted by molar-refractivity contribution is 6.33. The Morgan fingerprint density at radius 2 is 2.00 bits per heavy atom. The van der Waals surface area contributed by atoms with Gasteiger partial charge in [0.05, 0.1) is 0 Å². The van der Waals surface area contributed by atoms with Gasteiger partial charge in [-0.3, -0.25) is 0 Å². The van der Waals surface area contributed by atoms with Crippen molar-refractivity contribution >= 4 is 17.6 Å². The van der Waals surface area contributed by atoms with Gasteiger partial charge in [-0.2, -0.15) is 0 Å². The first kappa shape index (κ1) is 13.8. The average Bonchev–Trinajstić information content (AvgIpc) is 2.58. The summed E-state index contributed by atoms with van der Waals surface area (Å²) in [5, 5.41) is 0.281. The number of hydrogen-bond acceptors (Lipinski definition) is 3. The van der Waals surface area contributed by atoms with E-state index < -0.39 is 12.1 Å². The van der Waals surface area contributed by atoms with Crippen LogP contribution in [0.2, 0.25) is 0 Å². The van der Waals surface area contributed by atoms with Gasteiger partial charge in [0.2, 0.25) is 5.76 Å². The molecule has 6 heteroatoms. The molecule has 1 aliphatic heterocycles. The van der Waals surface area contributed by atoms with Crippen molar-refractivity contribution in [2.45, 2.75) is 6.10 Å². The fourth-order valence-corrected chi connectivity index (χ4v) is 1.63. The lowest BCUT2D eigenvalue weighted by molar-refractivity contribution is -0.379. The van der Waals surface area contributed by atoms with Crippen molar-refractivity contribution in [3.63, 3.8) is 0 Å². The second-order valence-corrected chi connectivity index (χ2v) is 3.68. The zero-order valence-electron chi connectivity index (χ0n) is 8.86. The summed E-state index contributed by atoms with van der Waals surface area (Å²) >= 11 is 5.96. The highest BCUT2D eigenvalue weighted by atomic mass is 35.5. The van der Waals surface area contributed by atoms with Crippen molar-refractivity contribution in [3.8, 4) is 5.75 Å². The number of carbonyl (C=O) groups excluding carboxylic acids is 1. The molecule has 0 fully saturated rings. The predicted molar refractivity (Wildman–Crippen MR) is 57.6 cm³/mol. The number of rotatable bonds is 3. The number of quaternary nitrogens is 1. The quantitative estimate of drug-likeness (QED) is 0.631. The van der Waals surface area contributed by atoms with Crippen LogP contribution in [0.25, 0.3) is 0 Å². The van der Waals surface area contributed by atoms with Gasteiger partial charge in [-0.15, -0.1) is 0 Å². The molecule has 1 heterocycles. The fourth-order valence-electron chi connectivity index (χ4n) is 1.36. The molecule has 0 radical (unpaired) electrons. The van der Waals surface area contributed by atoms with Crippen molar-refractivity contribution in [2.24, 2.45) is 0 Å². The van der Waals surface area contributed by atoms with Crippen LogP contribution in [0.5, 0.6) is 5.75 Å². The van der Waals surface area contributed by atoms with Crippen LogP contribution in [0.4, 0.5) is 0 Å². The van der Waals surface area contributed by atoms with E-state index in [4.69, 9.17) is 21.1 Å². The molecule has 0 aromatic heterocycles. The molecule has 2 rings (SSSR count). The Labute approximate surface area is 110 Å². The number of cyclic esters (lactones) is 1. The summed E-state index contributed by atoms with van der Waals surface area (Å²) in [6.07, 6.45) is -0.479. The molecule has 0 bridgehead atoms. The Morgan fingerprint density at radius 1 is 1.35 bits per heavy atom. The third kappa shape index (κ3) is 2.91. The van der Waals surface area contributed by atoms with Gasteiger partial charge < -0.3 is 27.6 Å². The standard InChI is InChI=1S/C11H10ClNO3.ClH/c12-9-8(6-13)16-11(14)10(9)15-7-4-2-1-3-5-7;/h1-5,8H,6,13H2;1H. The highest BCUT2D eigenvalue weighted by Gasteiger charge is 2.35. The third-order valence-corrected chi connectivity index (χ3v) is 2.57. The van der Waals surface area contributed by atoms with Gasteiger partial charge in [0, 0.05) is 0 Å². The lowest BCUT2D eigenvalue weighted by Crippen LogP contribution is -3.00. The zero-order valence-corrected chi connectivity index (χ0v) is 10.4. The summed E-state index contributed by atoms with van der Waals surface area (Å²) in [6, 6.07) is 8.95. The molecule has 1 atom stereocenters. The van der Waals surface area contributed by atoms with Crippen molar-refractivity contribution in [2.75, 3.05) is 6.54 Å². The van der Waals surface area contributed by atoms with Crippen LogP contribution in [-0.4, -0.2) is 18.6 Å². The summed E-state index contributed by atoms with van der Waals surface area (Å²) in [6.45, 7) is 0.395. The smallest absolute Gasteiger partial charge is 0.376 e. The summed E-state index contributed by atoms with van der Waals surface area (Å²) < 4.78 is 10.4. The van der Waals surface area contributed by atoms with Crippen molar-refractivity contribution in [1.29, 1.82) is 0 Å². The largest absolute Gasteiger partial charge is 1.00 e. The molecule has 0 saturated heterocycles. The monoisotopic (exact) mass is 275 g/mol. The molecule has 1 unspecified atom stereocenters. The van der Waals surface area contributed by atoms with Crippen LogP contribution in [-0.2, 0) is 9.53 Å². The van der Waals surface area contributed by atoms with Gasteiger partial charge in [0.15, 0.2) is 6.10 Å². The first-order valence-corrected chi connectivity index (χ1v) is 5.23. The second-order valence-electron chi connectivity index (χ2n) is 3.27. The van der Waals surface area contributed by atoms with Crippen LogP contribution in [0.15, 0.2) is 41.1 Å². The van der Waals surface area contributed by atoms with E-state index >= 15 is 0 Å². The van der Waals surface area contributed by atoms with Gasteiger partial charge in [-0.05, 0) is 12.1 Å². The van der Waals surface area contributed by atoms with Crippen molar-refractivity contribution < 1.29 is 32.4 Å². The van der Waals surface area contributed by atoms with Gasteiger partial charge in [-0.25, -0.2) is 4.79 Å². The third-order valence-electron chi connectivity index (χ3n) is 2.16. The molecular formula is C11H11Cl2NO3. The van der Waals surface area contributed by atoms with Crippen molar-refractivity contribution in [3.05, 3.63) is 41.1 Å². The van der Waals surface area contributed by atoms with Crippen LogP contribution >= 0.6 is 11.6 Å². The Hall–Kier alpha value is -1.23. The molecule has 3 N–H and O–H groups in total. The Morgan fingerprint density at radius 3 is 2.53 bits per heavy atom. The molecule has 1 aromatic rings. The van der Waals surface area contributed by atoms with E-state index in [0.29, 0.717) is 12.3 Å². The summed E-state index contributed by atoms with van der Waals surface area (Å²) in [7, 11) is 0. The highest BCUT2D eigenvalue weighted by Crippen LogP contribution is 2.27. The summed E-state index contributed by atoms with van der Waals surface area (Å²) in [4.78, 5) is 11.4. The molecule has 0 aliphatic carbocycles. The Kier molecular flexibility index (Phi) is 4.81. The molecule has 0 saturated carbocycles. The predicted octanol–water partition coefficient (Wildman–Crippen LogP) is -2.31. The normalized spacial score (nSPS) is 18.7. The first-order valence-electron chi connectivity index (χ1n) is 4.85. The molecular weight excluding hydrogens is 265 g/mol. The molecule has 1 aromatic carbocycles. The summed E-state index contributed by atoms with van der Waals surface area (Å²) in [5.74, 6) is 0.0707. The van der Waals surface area contributed by atoms with E-state index in [1.165, 1.54) is 0 Å². The lowest BCUT2D eigenvalue weighted by atomic mass is 10.3. The zero-order chi connectivity index (χ0) is 11.5. The minimum Gasteiger partial charge on any atom is -1.00 e. The molecule has 0 amide bonds. The van der Waals surface area contributed by atoms with E-state index in [0.717, 1.165) is 0 Å². The summed E-state index contributed by atoms with van der Waals surface area (Å²) in [5.41, 5.74) is 3.64. The maximum absolute atomic E-state index is 11.4. The number of ether oxygens (including phenoxy) is 2.